The first-order valence-corrected chi connectivity index (χ1v) is 8.77. The van der Waals surface area contributed by atoms with E-state index in [-0.39, 0.29) is 11.0 Å². The lowest BCUT2D eigenvalue weighted by molar-refractivity contribution is 0.0975. The van der Waals surface area contributed by atoms with Gasteiger partial charge in [0.1, 0.15) is 5.75 Å². The lowest BCUT2D eigenvalue weighted by atomic mass is 10.2. The molecule has 1 fully saturated rings. The van der Waals surface area contributed by atoms with Gasteiger partial charge in [0, 0.05) is 13.1 Å². The summed E-state index contributed by atoms with van der Waals surface area (Å²) >= 11 is 5.33. The van der Waals surface area contributed by atoms with E-state index in [1.165, 1.54) is 7.11 Å². The van der Waals surface area contributed by atoms with Gasteiger partial charge in [-0.2, -0.15) is 0 Å². The number of anilines is 2. The zero-order valence-electron chi connectivity index (χ0n) is 14.5. The minimum Gasteiger partial charge on any atom is -0.496 e. The summed E-state index contributed by atoms with van der Waals surface area (Å²) in [6.07, 6.45) is 0. The monoisotopic (exact) mass is 371 g/mol. The molecule has 26 heavy (non-hydrogen) atoms. The zero-order valence-corrected chi connectivity index (χ0v) is 15.3. The molecule has 1 heterocycles. The highest BCUT2D eigenvalue weighted by molar-refractivity contribution is 7.80. The first kappa shape index (κ1) is 18.2. The first-order chi connectivity index (χ1) is 12.7. The first-order valence-electron chi connectivity index (χ1n) is 8.36. The smallest absolute Gasteiger partial charge is 0.261 e. The quantitative estimate of drug-likeness (QED) is 0.806. The van der Waals surface area contributed by atoms with E-state index in [1.54, 1.807) is 18.2 Å². The zero-order chi connectivity index (χ0) is 18.4. The van der Waals surface area contributed by atoms with Gasteiger partial charge in [0.05, 0.1) is 37.3 Å². The molecule has 2 N–H and O–H groups in total. The van der Waals surface area contributed by atoms with Gasteiger partial charge in [-0.3, -0.25) is 10.1 Å². The van der Waals surface area contributed by atoms with Crippen molar-refractivity contribution in [3.05, 3.63) is 54.1 Å². The molecular formula is C19H21N3O3S. The topological polar surface area (TPSA) is 62.8 Å². The molecule has 0 aromatic heterocycles. The molecule has 0 bridgehead atoms. The number of thiocarbonyl (C=S) groups is 1. The van der Waals surface area contributed by atoms with Crippen LogP contribution in [0.25, 0.3) is 0 Å². The Morgan fingerprint density at radius 2 is 1.81 bits per heavy atom. The third-order valence-corrected chi connectivity index (χ3v) is 4.29. The highest BCUT2D eigenvalue weighted by Gasteiger charge is 2.17. The Labute approximate surface area is 158 Å². The number of methoxy groups -OCH3 is 1. The summed E-state index contributed by atoms with van der Waals surface area (Å²) < 4.78 is 10.6. The van der Waals surface area contributed by atoms with Crippen molar-refractivity contribution in [2.24, 2.45) is 0 Å². The molecule has 0 atom stereocenters. The average molecular weight is 371 g/mol. The van der Waals surface area contributed by atoms with E-state index >= 15 is 0 Å². The van der Waals surface area contributed by atoms with Crippen LogP contribution < -0.4 is 20.3 Å². The number of nitrogens with one attached hydrogen (secondary N) is 2. The van der Waals surface area contributed by atoms with E-state index in [9.17, 15) is 4.79 Å². The molecule has 1 amide bonds. The summed E-state index contributed by atoms with van der Waals surface area (Å²) in [6, 6.07) is 14.9. The molecule has 0 unspecified atom stereocenters. The average Bonchev–Trinajstić information content (AvgIpc) is 2.69. The normalized spacial score (nSPS) is 13.8. The van der Waals surface area contributed by atoms with Crippen LogP contribution in [0, 0.1) is 0 Å². The second-order valence-corrected chi connectivity index (χ2v) is 6.13. The summed E-state index contributed by atoms with van der Waals surface area (Å²) in [4.78, 5) is 14.7. The number of carbonyl (C=O) groups is 1. The van der Waals surface area contributed by atoms with E-state index in [1.807, 2.05) is 30.3 Å². The van der Waals surface area contributed by atoms with Crippen LogP contribution in [-0.2, 0) is 4.74 Å². The van der Waals surface area contributed by atoms with Crippen LogP contribution in [0.4, 0.5) is 11.4 Å². The van der Waals surface area contributed by atoms with Crippen LogP contribution in [0.15, 0.2) is 48.5 Å². The van der Waals surface area contributed by atoms with Crippen molar-refractivity contribution >= 4 is 34.6 Å². The summed E-state index contributed by atoms with van der Waals surface area (Å²) in [5.74, 6) is 0.185. The van der Waals surface area contributed by atoms with Crippen molar-refractivity contribution in [1.29, 1.82) is 0 Å². The predicted molar refractivity (Wildman–Crippen MR) is 106 cm³/mol. The number of morpholine rings is 1. The summed E-state index contributed by atoms with van der Waals surface area (Å²) in [5.41, 5.74) is 2.31. The fourth-order valence-corrected chi connectivity index (χ4v) is 3.02. The van der Waals surface area contributed by atoms with E-state index in [2.05, 4.69) is 15.5 Å². The van der Waals surface area contributed by atoms with Crippen molar-refractivity contribution in [1.82, 2.24) is 5.32 Å². The van der Waals surface area contributed by atoms with Crippen molar-refractivity contribution < 1.29 is 14.3 Å². The van der Waals surface area contributed by atoms with Gasteiger partial charge in [-0.1, -0.05) is 24.3 Å². The summed E-state index contributed by atoms with van der Waals surface area (Å²) in [7, 11) is 1.53. The minimum atomic E-state index is -0.316. The second kappa shape index (κ2) is 8.64. The lowest BCUT2D eigenvalue weighted by Crippen LogP contribution is -2.38. The number of para-hydroxylation sites is 3. The number of hydrogen-bond donors (Lipinski definition) is 2. The molecule has 1 saturated heterocycles. The van der Waals surface area contributed by atoms with Crippen molar-refractivity contribution in [2.75, 3.05) is 43.6 Å². The number of hydrogen-bond acceptors (Lipinski definition) is 5. The molecule has 0 saturated carbocycles. The van der Waals surface area contributed by atoms with E-state index in [0.717, 1.165) is 24.5 Å². The van der Waals surface area contributed by atoms with Crippen LogP contribution in [-0.4, -0.2) is 44.4 Å². The van der Waals surface area contributed by atoms with E-state index in [0.29, 0.717) is 24.5 Å². The molecule has 7 heteroatoms. The molecule has 3 rings (SSSR count). The van der Waals surface area contributed by atoms with E-state index < -0.39 is 0 Å². The Hall–Kier alpha value is -2.64. The summed E-state index contributed by atoms with van der Waals surface area (Å²) in [6.45, 7) is 3.03. The molecule has 0 aliphatic carbocycles. The molecule has 2 aromatic rings. The molecular weight excluding hydrogens is 350 g/mol. The number of ether oxygens (including phenoxy) is 2. The van der Waals surface area contributed by atoms with Gasteiger partial charge in [0.2, 0.25) is 0 Å². The third kappa shape index (κ3) is 4.30. The van der Waals surface area contributed by atoms with Gasteiger partial charge >= 0.3 is 0 Å². The maximum absolute atomic E-state index is 12.5. The van der Waals surface area contributed by atoms with E-state index in [4.69, 9.17) is 21.7 Å². The lowest BCUT2D eigenvalue weighted by Gasteiger charge is -2.30. The maximum atomic E-state index is 12.5. The van der Waals surface area contributed by atoms with Gasteiger partial charge in [0.15, 0.2) is 5.11 Å². The van der Waals surface area contributed by atoms with Gasteiger partial charge < -0.3 is 19.7 Å². The highest BCUT2D eigenvalue weighted by Crippen LogP contribution is 2.26. The van der Waals surface area contributed by atoms with Crippen molar-refractivity contribution in [3.8, 4) is 5.75 Å². The number of rotatable bonds is 4. The Bertz CT molecular complexity index is 791. The number of nitrogens with zero attached hydrogens (tertiary/aromatic N) is 1. The largest absolute Gasteiger partial charge is 0.496 e. The van der Waals surface area contributed by atoms with Gasteiger partial charge in [0.25, 0.3) is 5.91 Å². The third-order valence-electron chi connectivity index (χ3n) is 4.08. The Kier molecular flexibility index (Phi) is 6.04. The fourth-order valence-electron chi connectivity index (χ4n) is 2.82. The van der Waals surface area contributed by atoms with Crippen LogP contribution in [0.5, 0.6) is 5.75 Å². The van der Waals surface area contributed by atoms with Crippen molar-refractivity contribution in [2.45, 2.75) is 0 Å². The Morgan fingerprint density at radius 3 is 2.58 bits per heavy atom. The Morgan fingerprint density at radius 1 is 1.12 bits per heavy atom. The van der Waals surface area contributed by atoms with Crippen LogP contribution in [0.3, 0.4) is 0 Å². The number of amides is 1. The molecule has 136 valence electrons. The maximum Gasteiger partial charge on any atom is 0.261 e. The molecule has 1 aliphatic heterocycles. The second-order valence-electron chi connectivity index (χ2n) is 5.73. The molecule has 0 spiro atoms. The van der Waals surface area contributed by atoms with Gasteiger partial charge in [-0.25, -0.2) is 0 Å². The number of carbonyl (C=O) groups excluding carboxylic acids is 1. The van der Waals surface area contributed by atoms with Gasteiger partial charge in [-0.05, 0) is 36.5 Å². The predicted octanol–water partition coefficient (Wildman–Crippen LogP) is 2.66. The fraction of sp³-hybridized carbons (Fsp3) is 0.263. The van der Waals surface area contributed by atoms with Gasteiger partial charge in [-0.15, -0.1) is 0 Å². The highest BCUT2D eigenvalue weighted by atomic mass is 32.1. The minimum absolute atomic E-state index is 0.238. The van der Waals surface area contributed by atoms with Crippen LogP contribution in [0.1, 0.15) is 10.4 Å². The SMILES string of the molecule is COc1ccccc1C(=O)NC(=S)Nc1ccccc1N1CCOCC1. The van der Waals surface area contributed by atoms with Crippen LogP contribution >= 0.6 is 12.2 Å². The summed E-state index contributed by atoms with van der Waals surface area (Å²) in [5, 5.41) is 6.07. The standard InChI is InChI=1S/C19H21N3O3S/c1-24-17-9-5-2-6-14(17)18(23)21-19(26)20-15-7-3-4-8-16(15)22-10-12-25-13-11-22/h2-9H,10-13H2,1H3,(H2,20,21,23,26). The molecule has 2 aromatic carbocycles. The Balaban J connectivity index is 1.69. The number of benzene rings is 2. The molecule has 6 nitrogen and oxygen atoms in total. The molecule has 0 radical (unpaired) electrons. The van der Waals surface area contributed by atoms with Crippen LogP contribution in [0.2, 0.25) is 0 Å². The van der Waals surface area contributed by atoms with Crippen molar-refractivity contribution in [3.63, 3.8) is 0 Å². The molecule has 1 aliphatic rings.